The van der Waals surface area contributed by atoms with Gasteiger partial charge in [0.1, 0.15) is 5.60 Å². The van der Waals surface area contributed by atoms with E-state index < -0.39 is 5.60 Å². The Labute approximate surface area is 185 Å². The van der Waals surface area contributed by atoms with Gasteiger partial charge in [0.05, 0.1) is 0 Å². The van der Waals surface area contributed by atoms with Crippen molar-refractivity contribution in [1.82, 2.24) is 9.80 Å². The fourth-order valence-electron chi connectivity index (χ4n) is 4.52. The number of likely N-dealkylation sites (tertiary alicyclic amines) is 2. The minimum atomic E-state index is -0.477. The molecule has 6 heteroatoms. The van der Waals surface area contributed by atoms with Gasteiger partial charge in [0.2, 0.25) is 5.91 Å². The van der Waals surface area contributed by atoms with E-state index in [0.29, 0.717) is 30.5 Å². The Morgan fingerprint density at radius 3 is 2.33 bits per heavy atom. The number of hydrogen-bond donors (Lipinski definition) is 0. The Bertz CT molecular complexity index is 760. The van der Waals surface area contributed by atoms with E-state index in [1.807, 2.05) is 44.7 Å². The molecule has 2 saturated heterocycles. The molecule has 30 heavy (non-hydrogen) atoms. The third-order valence-electron chi connectivity index (χ3n) is 6.06. The second-order valence-corrected chi connectivity index (χ2v) is 10.2. The van der Waals surface area contributed by atoms with Crippen LogP contribution in [0.3, 0.4) is 0 Å². The van der Waals surface area contributed by atoms with Crippen molar-refractivity contribution >= 4 is 23.6 Å². The quantitative estimate of drug-likeness (QED) is 0.649. The molecule has 1 unspecified atom stereocenters. The Morgan fingerprint density at radius 1 is 1.10 bits per heavy atom. The van der Waals surface area contributed by atoms with Gasteiger partial charge in [0.25, 0.3) is 0 Å². The third-order valence-corrected chi connectivity index (χ3v) is 6.29. The largest absolute Gasteiger partial charge is 0.444 e. The first-order chi connectivity index (χ1) is 14.1. The van der Waals surface area contributed by atoms with Crippen LogP contribution in [0.5, 0.6) is 0 Å². The first-order valence-electron chi connectivity index (χ1n) is 11.2. The lowest BCUT2D eigenvalue weighted by molar-refractivity contribution is -0.133. The molecule has 2 aliphatic heterocycles. The van der Waals surface area contributed by atoms with E-state index in [1.165, 1.54) is 11.1 Å². The van der Waals surface area contributed by atoms with Gasteiger partial charge in [0.15, 0.2) is 0 Å². The maximum Gasteiger partial charge on any atom is 0.410 e. The number of rotatable bonds is 4. The molecule has 1 atom stereocenters. The second-order valence-electron chi connectivity index (χ2n) is 9.72. The molecule has 0 radical (unpaired) electrons. The van der Waals surface area contributed by atoms with Crippen molar-refractivity contribution in [2.24, 2.45) is 5.92 Å². The molecule has 2 aliphatic rings. The summed E-state index contributed by atoms with van der Waals surface area (Å²) in [6, 6.07) is 6.07. The van der Waals surface area contributed by atoms with Crippen molar-refractivity contribution < 1.29 is 14.3 Å². The summed E-state index contributed by atoms with van der Waals surface area (Å²) in [4.78, 5) is 28.9. The molecule has 5 nitrogen and oxygen atoms in total. The van der Waals surface area contributed by atoms with Crippen molar-refractivity contribution in [3.05, 3.63) is 34.3 Å². The number of hydrogen-bond acceptors (Lipinski definition) is 3. The van der Waals surface area contributed by atoms with Crippen LogP contribution >= 0.6 is 11.6 Å². The van der Waals surface area contributed by atoms with Crippen molar-refractivity contribution in [2.75, 3.05) is 26.2 Å². The summed E-state index contributed by atoms with van der Waals surface area (Å²) in [7, 11) is 0. The van der Waals surface area contributed by atoms with Gasteiger partial charge in [-0.05, 0) is 82.1 Å². The van der Waals surface area contributed by atoms with E-state index in [4.69, 9.17) is 16.3 Å². The average Bonchev–Trinajstić information content (AvgIpc) is 3.21. The Hall–Kier alpha value is -1.75. The lowest BCUT2D eigenvalue weighted by Gasteiger charge is -2.34. The highest BCUT2D eigenvalue weighted by Crippen LogP contribution is 2.33. The van der Waals surface area contributed by atoms with Gasteiger partial charge >= 0.3 is 6.09 Å². The standard InChI is InChI=1S/C24H35ClN2O3/c1-17(22(28)26-11-5-6-12-26)15-19-16-20(25)7-8-21(19)18-9-13-27(14-10-18)23(29)30-24(2,3)4/h7-8,16-18H,5-6,9-15H2,1-4H3. The smallest absolute Gasteiger partial charge is 0.410 e. The summed E-state index contributed by atoms with van der Waals surface area (Å²) in [6.07, 6.45) is 4.47. The maximum absolute atomic E-state index is 12.8. The Kier molecular flexibility index (Phi) is 7.33. The van der Waals surface area contributed by atoms with Crippen molar-refractivity contribution in [3.63, 3.8) is 0 Å². The molecular formula is C24H35ClN2O3. The molecule has 0 aliphatic carbocycles. The van der Waals surface area contributed by atoms with E-state index in [0.717, 1.165) is 38.8 Å². The normalized spacial score (nSPS) is 19.1. The van der Waals surface area contributed by atoms with Crippen LogP contribution in [0.25, 0.3) is 0 Å². The number of carbonyl (C=O) groups is 2. The predicted octanol–water partition coefficient (Wildman–Crippen LogP) is 5.26. The van der Waals surface area contributed by atoms with Crippen molar-refractivity contribution in [3.8, 4) is 0 Å². The number of benzene rings is 1. The fourth-order valence-corrected chi connectivity index (χ4v) is 4.71. The van der Waals surface area contributed by atoms with Crippen LogP contribution in [-0.4, -0.2) is 53.6 Å². The van der Waals surface area contributed by atoms with E-state index >= 15 is 0 Å². The Morgan fingerprint density at radius 2 is 1.73 bits per heavy atom. The Balaban J connectivity index is 1.65. The second kappa shape index (κ2) is 9.59. The highest BCUT2D eigenvalue weighted by atomic mass is 35.5. The number of piperidine rings is 1. The summed E-state index contributed by atoms with van der Waals surface area (Å²) < 4.78 is 5.51. The fraction of sp³-hybridized carbons (Fsp3) is 0.667. The van der Waals surface area contributed by atoms with Gasteiger partial charge in [-0.15, -0.1) is 0 Å². The topological polar surface area (TPSA) is 49.9 Å². The summed E-state index contributed by atoms with van der Waals surface area (Å²) >= 11 is 6.31. The third kappa shape index (κ3) is 5.90. The molecule has 2 fully saturated rings. The molecule has 0 bridgehead atoms. The molecule has 1 aromatic rings. The van der Waals surface area contributed by atoms with E-state index in [1.54, 1.807) is 4.90 Å². The van der Waals surface area contributed by atoms with Gasteiger partial charge in [-0.2, -0.15) is 0 Å². The van der Waals surface area contributed by atoms with Crippen LogP contribution in [0.15, 0.2) is 18.2 Å². The SMILES string of the molecule is CC(Cc1cc(Cl)ccc1C1CCN(C(=O)OC(C)(C)C)CC1)C(=O)N1CCCC1. The number of halogens is 1. The predicted molar refractivity (Wildman–Crippen MR) is 120 cm³/mol. The first kappa shape index (κ1) is 22.9. The molecule has 0 aromatic heterocycles. The van der Waals surface area contributed by atoms with Crippen LogP contribution in [-0.2, 0) is 16.0 Å². The summed E-state index contributed by atoms with van der Waals surface area (Å²) in [5.74, 6) is 0.561. The highest BCUT2D eigenvalue weighted by Gasteiger charge is 2.29. The molecule has 2 heterocycles. The van der Waals surface area contributed by atoms with Crippen LogP contribution < -0.4 is 0 Å². The number of carbonyl (C=O) groups excluding carboxylic acids is 2. The van der Waals surface area contributed by atoms with Crippen molar-refractivity contribution in [2.45, 2.75) is 71.3 Å². The lowest BCUT2D eigenvalue weighted by atomic mass is 9.84. The monoisotopic (exact) mass is 434 g/mol. The molecular weight excluding hydrogens is 400 g/mol. The minimum absolute atomic E-state index is 0.0535. The molecule has 0 N–H and O–H groups in total. The van der Waals surface area contributed by atoms with Gasteiger partial charge < -0.3 is 14.5 Å². The van der Waals surface area contributed by atoms with E-state index in [9.17, 15) is 9.59 Å². The number of amides is 2. The van der Waals surface area contributed by atoms with Crippen LogP contribution in [0.1, 0.15) is 70.4 Å². The molecule has 2 amide bonds. The molecule has 0 saturated carbocycles. The van der Waals surface area contributed by atoms with E-state index in [2.05, 4.69) is 6.07 Å². The zero-order valence-electron chi connectivity index (χ0n) is 18.7. The zero-order valence-corrected chi connectivity index (χ0v) is 19.5. The van der Waals surface area contributed by atoms with Crippen LogP contribution in [0.4, 0.5) is 4.79 Å². The maximum atomic E-state index is 12.8. The molecule has 1 aromatic carbocycles. The van der Waals surface area contributed by atoms with Gasteiger partial charge in [0, 0.05) is 37.1 Å². The van der Waals surface area contributed by atoms with Crippen LogP contribution in [0, 0.1) is 5.92 Å². The molecule has 3 rings (SSSR count). The van der Waals surface area contributed by atoms with Gasteiger partial charge in [-0.1, -0.05) is 24.6 Å². The van der Waals surface area contributed by atoms with Gasteiger partial charge in [-0.25, -0.2) is 4.79 Å². The zero-order chi connectivity index (χ0) is 21.9. The summed E-state index contributed by atoms with van der Waals surface area (Å²) in [6.45, 7) is 10.8. The van der Waals surface area contributed by atoms with Crippen LogP contribution in [0.2, 0.25) is 5.02 Å². The van der Waals surface area contributed by atoms with Crippen molar-refractivity contribution in [1.29, 1.82) is 0 Å². The lowest BCUT2D eigenvalue weighted by Crippen LogP contribution is -2.41. The number of nitrogens with zero attached hydrogens (tertiary/aromatic N) is 2. The minimum Gasteiger partial charge on any atom is -0.444 e. The summed E-state index contributed by atoms with van der Waals surface area (Å²) in [5, 5.41) is 0.709. The molecule has 166 valence electrons. The summed E-state index contributed by atoms with van der Waals surface area (Å²) in [5.41, 5.74) is 1.96. The van der Waals surface area contributed by atoms with E-state index in [-0.39, 0.29) is 17.9 Å². The number of ether oxygens (including phenoxy) is 1. The van der Waals surface area contributed by atoms with Gasteiger partial charge in [-0.3, -0.25) is 4.79 Å². The molecule has 0 spiro atoms. The average molecular weight is 435 g/mol. The first-order valence-corrected chi connectivity index (χ1v) is 11.6. The highest BCUT2D eigenvalue weighted by molar-refractivity contribution is 6.30.